The first-order valence-electron chi connectivity index (χ1n) is 11.3. The van der Waals surface area contributed by atoms with Crippen molar-refractivity contribution in [2.24, 2.45) is 0 Å². The first kappa shape index (κ1) is 22.9. The monoisotopic (exact) mass is 483 g/mol. The number of carbonyl (C=O) groups excluding carboxylic acids is 1. The van der Waals surface area contributed by atoms with Crippen LogP contribution in [0, 0.1) is 0 Å². The molecule has 2 aromatic carbocycles. The number of alkyl halides is 3. The zero-order chi connectivity index (χ0) is 24.6. The summed E-state index contributed by atoms with van der Waals surface area (Å²) in [6, 6.07) is 16.2. The highest BCUT2D eigenvalue weighted by molar-refractivity contribution is 5.97. The number of ether oxygens (including phenoxy) is 1. The molecule has 0 radical (unpaired) electrons. The maximum Gasteiger partial charge on any atom is 0.416 e. The highest BCUT2D eigenvalue weighted by Gasteiger charge is 2.30. The van der Waals surface area contributed by atoms with Crippen molar-refractivity contribution in [3.8, 4) is 5.75 Å². The summed E-state index contributed by atoms with van der Waals surface area (Å²) in [4.78, 5) is 17.5. The van der Waals surface area contributed by atoms with Gasteiger partial charge in [0.1, 0.15) is 11.4 Å². The van der Waals surface area contributed by atoms with E-state index in [2.05, 4.69) is 4.90 Å². The van der Waals surface area contributed by atoms with Crippen molar-refractivity contribution in [1.29, 1.82) is 0 Å². The van der Waals surface area contributed by atoms with Crippen molar-refractivity contribution < 1.29 is 27.1 Å². The average molecular weight is 483 g/mol. The quantitative estimate of drug-likeness (QED) is 0.388. The zero-order valence-corrected chi connectivity index (χ0v) is 19.1. The molecule has 4 aromatic rings. The van der Waals surface area contributed by atoms with Crippen LogP contribution >= 0.6 is 0 Å². The van der Waals surface area contributed by atoms with E-state index in [0.29, 0.717) is 43.0 Å². The number of fused-ring (bicyclic) bond motifs is 1. The minimum Gasteiger partial charge on any atom is -0.495 e. The van der Waals surface area contributed by atoms with E-state index in [1.807, 2.05) is 24.3 Å². The number of amides is 1. The number of methoxy groups -OCH3 is 1. The summed E-state index contributed by atoms with van der Waals surface area (Å²) in [7, 11) is 1.64. The van der Waals surface area contributed by atoms with Crippen LogP contribution in [0.4, 0.5) is 18.9 Å². The van der Waals surface area contributed by atoms with Gasteiger partial charge in [0.2, 0.25) is 0 Å². The summed E-state index contributed by atoms with van der Waals surface area (Å²) < 4.78 is 51.6. The fourth-order valence-electron chi connectivity index (χ4n) is 4.51. The molecule has 0 aliphatic carbocycles. The molecule has 1 saturated heterocycles. The van der Waals surface area contributed by atoms with E-state index in [4.69, 9.17) is 9.15 Å². The van der Waals surface area contributed by atoms with Crippen molar-refractivity contribution in [2.45, 2.75) is 12.7 Å². The first-order chi connectivity index (χ1) is 16.8. The Morgan fingerprint density at radius 1 is 1.00 bits per heavy atom. The first-order valence-corrected chi connectivity index (χ1v) is 11.3. The molecule has 0 atom stereocenters. The van der Waals surface area contributed by atoms with E-state index in [1.165, 1.54) is 18.4 Å². The predicted octanol–water partition coefficient (Wildman–Crippen LogP) is 5.27. The molecule has 6 nitrogen and oxygen atoms in total. The van der Waals surface area contributed by atoms with Gasteiger partial charge in [-0.1, -0.05) is 24.3 Å². The lowest BCUT2D eigenvalue weighted by molar-refractivity contribution is -0.137. The fourth-order valence-corrected chi connectivity index (χ4v) is 4.51. The standard InChI is InChI=1S/C26H24F3N3O3/c1-34-23-5-3-2-4-20(23)30-11-13-31(14-12-30)25(33)22-16-24-21(10-15-35-24)32(22)17-18-6-8-19(9-7-18)26(27,28)29/h2-10,15-16H,11-14,17H2,1H3. The molecule has 0 N–H and O–H groups in total. The number of piperazine rings is 1. The lowest BCUT2D eigenvalue weighted by atomic mass is 10.1. The van der Waals surface area contributed by atoms with Crippen LogP contribution in [0.2, 0.25) is 0 Å². The molecule has 0 saturated carbocycles. The second-order valence-corrected chi connectivity index (χ2v) is 8.43. The van der Waals surface area contributed by atoms with E-state index in [-0.39, 0.29) is 12.5 Å². The molecule has 0 bridgehead atoms. The Labute approximate surface area is 200 Å². The number of halogens is 3. The number of aromatic nitrogens is 1. The molecule has 5 rings (SSSR count). The minimum absolute atomic E-state index is 0.136. The summed E-state index contributed by atoms with van der Waals surface area (Å²) in [5.41, 5.74) is 2.68. The van der Waals surface area contributed by atoms with Gasteiger partial charge < -0.3 is 23.5 Å². The van der Waals surface area contributed by atoms with Crippen LogP contribution in [-0.2, 0) is 12.7 Å². The van der Waals surface area contributed by atoms with Gasteiger partial charge >= 0.3 is 6.18 Å². The van der Waals surface area contributed by atoms with Gasteiger partial charge in [-0.05, 0) is 29.8 Å². The van der Waals surface area contributed by atoms with Crippen molar-refractivity contribution in [2.75, 3.05) is 38.2 Å². The third-order valence-electron chi connectivity index (χ3n) is 6.36. The number of para-hydroxylation sites is 2. The van der Waals surface area contributed by atoms with Crippen LogP contribution in [0.5, 0.6) is 5.75 Å². The Morgan fingerprint density at radius 2 is 1.71 bits per heavy atom. The molecule has 1 fully saturated rings. The van der Waals surface area contributed by atoms with Crippen LogP contribution in [0.15, 0.2) is 71.3 Å². The number of hydrogen-bond donors (Lipinski definition) is 0. The second kappa shape index (κ2) is 9.05. The fraction of sp³-hybridized carbons (Fsp3) is 0.269. The molecule has 2 aromatic heterocycles. The van der Waals surface area contributed by atoms with Gasteiger partial charge in [-0.3, -0.25) is 4.79 Å². The summed E-state index contributed by atoms with van der Waals surface area (Å²) >= 11 is 0. The molecule has 0 spiro atoms. The van der Waals surface area contributed by atoms with Gasteiger partial charge in [0, 0.05) is 44.9 Å². The Kier molecular flexibility index (Phi) is 5.92. The van der Waals surface area contributed by atoms with Crippen molar-refractivity contribution in [1.82, 2.24) is 9.47 Å². The van der Waals surface area contributed by atoms with Crippen LogP contribution < -0.4 is 9.64 Å². The van der Waals surface area contributed by atoms with Crippen LogP contribution in [-0.4, -0.2) is 48.7 Å². The highest BCUT2D eigenvalue weighted by Crippen LogP contribution is 2.31. The van der Waals surface area contributed by atoms with Crippen LogP contribution in [0.25, 0.3) is 11.1 Å². The SMILES string of the molecule is COc1ccccc1N1CCN(C(=O)c2cc3occc3n2Cc2ccc(C(F)(F)F)cc2)CC1. The van der Waals surface area contributed by atoms with Gasteiger partial charge in [-0.15, -0.1) is 0 Å². The predicted molar refractivity (Wildman–Crippen MR) is 126 cm³/mol. The average Bonchev–Trinajstić information content (AvgIpc) is 3.46. The van der Waals surface area contributed by atoms with Gasteiger partial charge in [0.05, 0.1) is 30.1 Å². The maximum atomic E-state index is 13.5. The van der Waals surface area contributed by atoms with Crippen molar-refractivity contribution >= 4 is 22.7 Å². The highest BCUT2D eigenvalue weighted by atomic mass is 19.4. The van der Waals surface area contributed by atoms with Crippen LogP contribution in [0.1, 0.15) is 21.6 Å². The Hall–Kier alpha value is -3.88. The topological polar surface area (TPSA) is 50.9 Å². The number of nitrogens with zero attached hydrogens (tertiary/aromatic N) is 3. The van der Waals surface area contributed by atoms with E-state index >= 15 is 0 Å². The number of rotatable bonds is 5. The number of anilines is 1. The number of benzene rings is 2. The molecule has 1 aliphatic heterocycles. The van der Waals surface area contributed by atoms with E-state index in [9.17, 15) is 18.0 Å². The number of hydrogen-bond acceptors (Lipinski definition) is 4. The smallest absolute Gasteiger partial charge is 0.416 e. The van der Waals surface area contributed by atoms with Crippen molar-refractivity contribution in [3.63, 3.8) is 0 Å². The summed E-state index contributed by atoms with van der Waals surface area (Å²) in [5.74, 6) is 0.654. The molecular formula is C26H24F3N3O3. The second-order valence-electron chi connectivity index (χ2n) is 8.43. The number of carbonyl (C=O) groups is 1. The largest absolute Gasteiger partial charge is 0.495 e. The van der Waals surface area contributed by atoms with E-state index in [1.54, 1.807) is 28.7 Å². The Bertz CT molecular complexity index is 1330. The van der Waals surface area contributed by atoms with Gasteiger partial charge in [-0.2, -0.15) is 13.2 Å². The summed E-state index contributed by atoms with van der Waals surface area (Å²) in [6.45, 7) is 2.63. The van der Waals surface area contributed by atoms with Crippen molar-refractivity contribution in [3.05, 3.63) is 83.7 Å². The van der Waals surface area contributed by atoms with Gasteiger partial charge in [0.25, 0.3) is 5.91 Å². The van der Waals surface area contributed by atoms with Gasteiger partial charge in [-0.25, -0.2) is 0 Å². The molecule has 35 heavy (non-hydrogen) atoms. The molecule has 1 aliphatic rings. The summed E-state index contributed by atoms with van der Waals surface area (Å²) in [5, 5.41) is 0. The van der Waals surface area contributed by atoms with Crippen LogP contribution in [0.3, 0.4) is 0 Å². The zero-order valence-electron chi connectivity index (χ0n) is 19.1. The molecule has 182 valence electrons. The Balaban J connectivity index is 1.35. The lowest BCUT2D eigenvalue weighted by Gasteiger charge is -2.36. The lowest BCUT2D eigenvalue weighted by Crippen LogP contribution is -2.49. The number of furan rings is 1. The van der Waals surface area contributed by atoms with E-state index in [0.717, 1.165) is 29.1 Å². The third kappa shape index (κ3) is 4.45. The molecular weight excluding hydrogens is 459 g/mol. The van der Waals surface area contributed by atoms with E-state index < -0.39 is 11.7 Å². The molecule has 1 amide bonds. The normalized spacial score (nSPS) is 14.5. The Morgan fingerprint density at radius 3 is 2.40 bits per heavy atom. The minimum atomic E-state index is -4.39. The van der Waals surface area contributed by atoms with Gasteiger partial charge in [0.15, 0.2) is 5.58 Å². The summed E-state index contributed by atoms with van der Waals surface area (Å²) in [6.07, 6.45) is -2.86. The molecule has 9 heteroatoms. The third-order valence-corrected chi connectivity index (χ3v) is 6.36. The maximum absolute atomic E-state index is 13.5. The molecule has 0 unspecified atom stereocenters. The molecule has 3 heterocycles.